The molecule has 2 heteroatoms. The molecule has 1 rings (SSSR count). The van der Waals surface area contributed by atoms with Gasteiger partial charge in [-0.1, -0.05) is 36.2 Å². The van der Waals surface area contributed by atoms with E-state index >= 15 is 0 Å². The normalized spacial score (nSPS) is 14.8. The summed E-state index contributed by atoms with van der Waals surface area (Å²) in [6, 6.07) is 6.50. The molecule has 1 aromatic carbocycles. The van der Waals surface area contributed by atoms with E-state index in [-0.39, 0.29) is 5.60 Å². The van der Waals surface area contributed by atoms with E-state index in [1.165, 1.54) is 16.7 Å². The third-order valence-electron chi connectivity index (χ3n) is 3.05. The molecule has 0 aliphatic heterocycles. The maximum Gasteiger partial charge on any atom is 0.0778 e. The Morgan fingerprint density at radius 3 is 2.19 bits per heavy atom. The molecule has 0 fully saturated rings. The van der Waals surface area contributed by atoms with Crippen molar-refractivity contribution in [2.24, 2.45) is 5.73 Å². The molecule has 1 unspecified atom stereocenters. The van der Waals surface area contributed by atoms with Crippen molar-refractivity contribution >= 4 is 0 Å². The van der Waals surface area contributed by atoms with Gasteiger partial charge in [-0.05, 0) is 32.8 Å². The van der Waals surface area contributed by atoms with Gasteiger partial charge in [0.25, 0.3) is 0 Å². The van der Waals surface area contributed by atoms with E-state index in [2.05, 4.69) is 45.9 Å². The molecule has 2 N–H and O–H groups in total. The van der Waals surface area contributed by atoms with Crippen molar-refractivity contribution in [3.05, 3.63) is 34.9 Å². The average Bonchev–Trinajstić information content (AvgIpc) is 2.25. The van der Waals surface area contributed by atoms with E-state index in [9.17, 15) is 0 Å². The first-order valence-electron chi connectivity index (χ1n) is 5.90. The van der Waals surface area contributed by atoms with Crippen molar-refractivity contribution in [1.82, 2.24) is 0 Å². The second kappa shape index (κ2) is 5.46. The van der Waals surface area contributed by atoms with Gasteiger partial charge in [0.05, 0.1) is 12.2 Å². The van der Waals surface area contributed by atoms with Crippen LogP contribution < -0.4 is 5.73 Å². The molecule has 90 valence electrons. The lowest BCUT2D eigenvalue weighted by atomic mass is 10.0. The Kier molecular flexibility index (Phi) is 4.51. The Hall–Kier alpha value is -0.860. The van der Waals surface area contributed by atoms with E-state index in [1.54, 1.807) is 0 Å². The van der Waals surface area contributed by atoms with Crippen molar-refractivity contribution in [2.75, 3.05) is 6.54 Å². The standard InChI is InChI=1S/C14H23NO/c1-5-14(4,10-15)16-9-13-7-11(2)6-12(3)8-13/h6-8H,5,9-10,15H2,1-4H3. The minimum absolute atomic E-state index is 0.197. The third kappa shape index (κ3) is 3.62. The first-order chi connectivity index (χ1) is 7.49. The molecule has 0 bridgehead atoms. The lowest BCUT2D eigenvalue weighted by molar-refractivity contribution is -0.0388. The largest absolute Gasteiger partial charge is 0.369 e. The summed E-state index contributed by atoms with van der Waals surface area (Å²) in [5.41, 5.74) is 9.31. The molecule has 1 atom stereocenters. The first-order valence-corrected chi connectivity index (χ1v) is 5.90. The van der Waals surface area contributed by atoms with Gasteiger partial charge in [-0.3, -0.25) is 0 Å². The highest BCUT2D eigenvalue weighted by Gasteiger charge is 2.20. The molecule has 1 aromatic rings. The van der Waals surface area contributed by atoms with Gasteiger partial charge < -0.3 is 10.5 Å². The van der Waals surface area contributed by atoms with Crippen LogP contribution in [-0.2, 0) is 11.3 Å². The van der Waals surface area contributed by atoms with Crippen LogP contribution in [0.25, 0.3) is 0 Å². The highest BCUT2D eigenvalue weighted by molar-refractivity contribution is 5.28. The Morgan fingerprint density at radius 2 is 1.75 bits per heavy atom. The van der Waals surface area contributed by atoms with E-state index in [0.29, 0.717) is 13.2 Å². The van der Waals surface area contributed by atoms with Crippen LogP contribution in [0.2, 0.25) is 0 Å². The topological polar surface area (TPSA) is 35.2 Å². The van der Waals surface area contributed by atoms with Gasteiger partial charge in [-0.25, -0.2) is 0 Å². The van der Waals surface area contributed by atoms with Crippen LogP contribution >= 0.6 is 0 Å². The van der Waals surface area contributed by atoms with Gasteiger partial charge in [0.15, 0.2) is 0 Å². The number of hydrogen-bond acceptors (Lipinski definition) is 2. The smallest absolute Gasteiger partial charge is 0.0778 e. The summed E-state index contributed by atoms with van der Waals surface area (Å²) in [5.74, 6) is 0. The molecular weight excluding hydrogens is 198 g/mol. The predicted molar refractivity (Wildman–Crippen MR) is 68.5 cm³/mol. The molecule has 0 radical (unpaired) electrons. The van der Waals surface area contributed by atoms with Gasteiger partial charge in [-0.15, -0.1) is 0 Å². The molecule has 2 nitrogen and oxygen atoms in total. The molecule has 0 spiro atoms. The summed E-state index contributed by atoms with van der Waals surface area (Å²) >= 11 is 0. The van der Waals surface area contributed by atoms with E-state index < -0.39 is 0 Å². The van der Waals surface area contributed by atoms with E-state index in [4.69, 9.17) is 10.5 Å². The molecule has 0 aliphatic rings. The summed E-state index contributed by atoms with van der Waals surface area (Å²) < 4.78 is 5.90. The van der Waals surface area contributed by atoms with E-state index in [1.807, 2.05) is 0 Å². The molecule has 0 aromatic heterocycles. The number of benzene rings is 1. The fourth-order valence-corrected chi connectivity index (χ4v) is 1.72. The van der Waals surface area contributed by atoms with Crippen molar-refractivity contribution in [3.8, 4) is 0 Å². The second-order valence-electron chi connectivity index (χ2n) is 4.79. The monoisotopic (exact) mass is 221 g/mol. The SMILES string of the molecule is CCC(C)(CN)OCc1cc(C)cc(C)c1. The highest BCUT2D eigenvalue weighted by Crippen LogP contribution is 2.17. The summed E-state index contributed by atoms with van der Waals surface area (Å²) in [6.07, 6.45) is 0.939. The minimum Gasteiger partial charge on any atom is -0.369 e. The van der Waals surface area contributed by atoms with E-state index in [0.717, 1.165) is 6.42 Å². The van der Waals surface area contributed by atoms with Gasteiger partial charge in [0, 0.05) is 6.54 Å². The Balaban J connectivity index is 2.67. The average molecular weight is 221 g/mol. The number of ether oxygens (including phenoxy) is 1. The van der Waals surface area contributed by atoms with Crippen molar-refractivity contribution in [2.45, 2.75) is 46.3 Å². The van der Waals surface area contributed by atoms with Crippen LogP contribution in [-0.4, -0.2) is 12.1 Å². The molecule has 0 amide bonds. The van der Waals surface area contributed by atoms with Gasteiger partial charge in [0.2, 0.25) is 0 Å². The van der Waals surface area contributed by atoms with Gasteiger partial charge >= 0.3 is 0 Å². The van der Waals surface area contributed by atoms with Crippen LogP contribution in [0.1, 0.15) is 37.0 Å². The lowest BCUT2D eigenvalue weighted by Crippen LogP contribution is -2.36. The zero-order valence-electron chi connectivity index (χ0n) is 10.8. The maximum absolute atomic E-state index is 5.90. The minimum atomic E-state index is -0.197. The number of nitrogens with two attached hydrogens (primary N) is 1. The highest BCUT2D eigenvalue weighted by atomic mass is 16.5. The molecule has 0 aliphatic carbocycles. The zero-order chi connectivity index (χ0) is 12.2. The maximum atomic E-state index is 5.90. The van der Waals surface area contributed by atoms with Gasteiger partial charge in [-0.2, -0.15) is 0 Å². The molecule has 16 heavy (non-hydrogen) atoms. The number of hydrogen-bond donors (Lipinski definition) is 1. The van der Waals surface area contributed by atoms with Crippen LogP contribution in [0.15, 0.2) is 18.2 Å². The molecule has 0 saturated heterocycles. The van der Waals surface area contributed by atoms with Crippen molar-refractivity contribution in [1.29, 1.82) is 0 Å². The molecular formula is C14H23NO. The predicted octanol–water partition coefficient (Wildman–Crippen LogP) is 2.95. The second-order valence-corrected chi connectivity index (χ2v) is 4.79. The zero-order valence-corrected chi connectivity index (χ0v) is 10.8. The third-order valence-corrected chi connectivity index (χ3v) is 3.05. The summed E-state index contributed by atoms with van der Waals surface area (Å²) in [7, 11) is 0. The van der Waals surface area contributed by atoms with Crippen LogP contribution in [0, 0.1) is 13.8 Å². The summed E-state index contributed by atoms with van der Waals surface area (Å²) in [4.78, 5) is 0. The van der Waals surface area contributed by atoms with Crippen molar-refractivity contribution in [3.63, 3.8) is 0 Å². The summed E-state index contributed by atoms with van der Waals surface area (Å²) in [6.45, 7) is 9.60. The number of aryl methyl sites for hydroxylation is 2. The Labute approximate surface area is 98.8 Å². The van der Waals surface area contributed by atoms with Crippen LogP contribution in [0.3, 0.4) is 0 Å². The Morgan fingerprint density at radius 1 is 1.19 bits per heavy atom. The summed E-state index contributed by atoms with van der Waals surface area (Å²) in [5, 5.41) is 0. The molecule has 0 heterocycles. The molecule has 0 saturated carbocycles. The van der Waals surface area contributed by atoms with Gasteiger partial charge in [0.1, 0.15) is 0 Å². The fraction of sp³-hybridized carbons (Fsp3) is 0.571. The first kappa shape index (κ1) is 13.2. The van der Waals surface area contributed by atoms with Crippen molar-refractivity contribution < 1.29 is 4.74 Å². The Bertz CT molecular complexity index is 322. The quantitative estimate of drug-likeness (QED) is 0.829. The number of rotatable bonds is 5. The lowest BCUT2D eigenvalue weighted by Gasteiger charge is -2.27. The van der Waals surface area contributed by atoms with Crippen LogP contribution in [0.5, 0.6) is 0 Å². The van der Waals surface area contributed by atoms with Crippen LogP contribution in [0.4, 0.5) is 0 Å². The fourth-order valence-electron chi connectivity index (χ4n) is 1.72.